The maximum absolute atomic E-state index is 13.3. The summed E-state index contributed by atoms with van der Waals surface area (Å²) in [5.41, 5.74) is 0.474. The van der Waals surface area contributed by atoms with Gasteiger partial charge in [0.05, 0.1) is 11.8 Å². The summed E-state index contributed by atoms with van der Waals surface area (Å²) in [6.07, 6.45) is 4.85. The Hall–Kier alpha value is -2.70. The molecule has 3 aliphatic rings. The van der Waals surface area contributed by atoms with Crippen molar-refractivity contribution in [1.82, 2.24) is 10.2 Å². The summed E-state index contributed by atoms with van der Waals surface area (Å²) >= 11 is 0. The van der Waals surface area contributed by atoms with E-state index >= 15 is 0 Å². The summed E-state index contributed by atoms with van der Waals surface area (Å²) in [6, 6.07) is 3.81. The number of rotatable bonds is 4. The molecule has 0 spiro atoms. The van der Waals surface area contributed by atoms with E-state index in [0.717, 1.165) is 17.4 Å². The van der Waals surface area contributed by atoms with E-state index in [1.807, 2.05) is 12.2 Å². The smallest absolute Gasteiger partial charge is 0.240 e. The third kappa shape index (κ3) is 2.50. The van der Waals surface area contributed by atoms with Gasteiger partial charge in [0.25, 0.3) is 0 Å². The van der Waals surface area contributed by atoms with Crippen molar-refractivity contribution in [3.05, 3.63) is 41.7 Å². The van der Waals surface area contributed by atoms with Gasteiger partial charge in [-0.15, -0.1) is 0 Å². The van der Waals surface area contributed by atoms with Crippen molar-refractivity contribution >= 4 is 17.7 Å². The number of allylic oxidation sites excluding steroid dienone is 2. The number of nitrogens with one attached hydrogen (secondary N) is 1. The normalized spacial score (nSPS) is 29.4. The Balaban J connectivity index is 1.37. The second kappa shape index (κ2) is 5.68. The van der Waals surface area contributed by atoms with E-state index in [0.29, 0.717) is 5.56 Å². The number of nitrogens with zero attached hydrogens (tertiary/aromatic N) is 1. The molecule has 25 heavy (non-hydrogen) atoms. The lowest BCUT2D eigenvalue weighted by molar-refractivity contribution is -0.144. The summed E-state index contributed by atoms with van der Waals surface area (Å²) in [5.74, 6) is -2.65. The Labute approximate surface area is 143 Å². The third-order valence-corrected chi connectivity index (χ3v) is 5.37. The highest BCUT2D eigenvalue weighted by molar-refractivity contribution is 6.08. The van der Waals surface area contributed by atoms with Gasteiger partial charge in [0.15, 0.2) is 11.6 Å². The van der Waals surface area contributed by atoms with Crippen LogP contribution in [0.4, 0.5) is 4.39 Å². The van der Waals surface area contributed by atoms with Crippen LogP contribution in [-0.4, -0.2) is 34.3 Å². The lowest BCUT2D eigenvalue weighted by Crippen LogP contribution is -2.41. The highest BCUT2D eigenvalue weighted by atomic mass is 19.1. The van der Waals surface area contributed by atoms with Crippen molar-refractivity contribution in [2.75, 3.05) is 6.54 Å². The van der Waals surface area contributed by atoms with Gasteiger partial charge in [-0.05, 0) is 36.0 Å². The molecule has 1 aromatic carbocycles. The minimum atomic E-state index is -0.771. The lowest BCUT2D eigenvalue weighted by atomic mass is 9.85. The minimum Gasteiger partial charge on any atom is -0.505 e. The van der Waals surface area contributed by atoms with E-state index < -0.39 is 17.5 Å². The molecule has 2 fully saturated rings. The molecule has 7 heteroatoms. The van der Waals surface area contributed by atoms with Crippen molar-refractivity contribution in [1.29, 1.82) is 0 Å². The van der Waals surface area contributed by atoms with Crippen molar-refractivity contribution in [2.45, 2.75) is 13.0 Å². The van der Waals surface area contributed by atoms with Gasteiger partial charge in [-0.25, -0.2) is 4.39 Å². The van der Waals surface area contributed by atoms with Crippen molar-refractivity contribution < 1.29 is 23.9 Å². The van der Waals surface area contributed by atoms with Crippen LogP contribution in [0, 0.1) is 29.5 Å². The van der Waals surface area contributed by atoms with E-state index in [4.69, 9.17) is 5.11 Å². The number of fused-ring (bicyclic) bond motifs is 5. The van der Waals surface area contributed by atoms with Crippen LogP contribution in [0.25, 0.3) is 0 Å². The van der Waals surface area contributed by atoms with Crippen LogP contribution >= 0.6 is 0 Å². The fourth-order valence-electron chi connectivity index (χ4n) is 4.18. The number of hydrogen-bond acceptors (Lipinski definition) is 4. The molecular formula is C18H17FN2O4. The van der Waals surface area contributed by atoms with Crippen LogP contribution < -0.4 is 5.32 Å². The first kappa shape index (κ1) is 15.8. The zero-order valence-electron chi connectivity index (χ0n) is 13.3. The SMILES string of the molecule is O=C(CN1C(=O)C2C3C=CC(C3)C2C1=O)NCc1ccc(O)c(F)c1. The van der Waals surface area contributed by atoms with Gasteiger partial charge in [-0.3, -0.25) is 19.3 Å². The van der Waals surface area contributed by atoms with Gasteiger partial charge < -0.3 is 10.4 Å². The fraction of sp³-hybridized carbons (Fsp3) is 0.389. The second-order valence-electron chi connectivity index (χ2n) is 6.82. The topological polar surface area (TPSA) is 86.7 Å². The lowest BCUT2D eigenvalue weighted by Gasteiger charge is -2.16. The largest absolute Gasteiger partial charge is 0.505 e. The quantitative estimate of drug-likeness (QED) is 0.629. The number of imide groups is 1. The molecule has 2 bridgehead atoms. The molecule has 1 aliphatic heterocycles. The Kier molecular flexibility index (Phi) is 3.59. The van der Waals surface area contributed by atoms with Crippen LogP contribution in [0.5, 0.6) is 5.75 Å². The first-order chi connectivity index (χ1) is 12.0. The summed E-state index contributed by atoms with van der Waals surface area (Å²) in [5, 5.41) is 11.7. The number of benzene rings is 1. The minimum absolute atomic E-state index is 0.0475. The first-order valence-corrected chi connectivity index (χ1v) is 8.23. The van der Waals surface area contributed by atoms with Crippen molar-refractivity contribution in [3.63, 3.8) is 0 Å². The Morgan fingerprint density at radius 3 is 2.44 bits per heavy atom. The molecule has 1 saturated carbocycles. The van der Waals surface area contributed by atoms with E-state index in [-0.39, 0.29) is 48.6 Å². The molecule has 130 valence electrons. The molecule has 2 aliphatic carbocycles. The summed E-state index contributed by atoms with van der Waals surface area (Å²) < 4.78 is 13.3. The molecule has 4 atom stereocenters. The van der Waals surface area contributed by atoms with Crippen LogP contribution in [-0.2, 0) is 20.9 Å². The number of likely N-dealkylation sites (tertiary alicyclic amines) is 1. The molecule has 2 N–H and O–H groups in total. The maximum Gasteiger partial charge on any atom is 0.240 e. The number of amides is 3. The van der Waals surface area contributed by atoms with Gasteiger partial charge in [0, 0.05) is 6.54 Å². The predicted molar refractivity (Wildman–Crippen MR) is 84.3 cm³/mol. The molecule has 1 aromatic rings. The van der Waals surface area contributed by atoms with Gasteiger partial charge in [0.1, 0.15) is 6.54 Å². The molecule has 4 rings (SSSR count). The fourth-order valence-corrected chi connectivity index (χ4v) is 4.18. The number of phenols is 1. The monoisotopic (exact) mass is 344 g/mol. The number of carbonyl (C=O) groups is 3. The standard InChI is InChI=1S/C18H17FN2O4/c19-12-5-9(1-4-13(12)22)7-20-14(23)8-21-17(24)15-10-2-3-11(6-10)16(15)18(21)25/h1-5,10-11,15-16,22H,6-8H2,(H,20,23). The summed E-state index contributed by atoms with van der Waals surface area (Å²) in [7, 11) is 0. The van der Waals surface area contributed by atoms with E-state index in [1.54, 1.807) is 0 Å². The highest BCUT2D eigenvalue weighted by Gasteiger charge is 2.59. The summed E-state index contributed by atoms with van der Waals surface area (Å²) in [4.78, 5) is 38.1. The number of phenolic OH excluding ortho intramolecular Hbond substituents is 1. The van der Waals surface area contributed by atoms with Crippen molar-refractivity contribution in [3.8, 4) is 5.75 Å². The van der Waals surface area contributed by atoms with Crippen LogP contribution in [0.3, 0.4) is 0 Å². The van der Waals surface area contributed by atoms with Crippen LogP contribution in [0.2, 0.25) is 0 Å². The van der Waals surface area contributed by atoms with E-state index in [2.05, 4.69) is 5.32 Å². The first-order valence-electron chi connectivity index (χ1n) is 8.23. The second-order valence-corrected chi connectivity index (χ2v) is 6.82. The van der Waals surface area contributed by atoms with Crippen LogP contribution in [0.1, 0.15) is 12.0 Å². The molecule has 6 nitrogen and oxygen atoms in total. The maximum atomic E-state index is 13.3. The number of aromatic hydroxyl groups is 1. The third-order valence-electron chi connectivity index (χ3n) is 5.37. The van der Waals surface area contributed by atoms with Crippen molar-refractivity contribution in [2.24, 2.45) is 23.7 Å². The number of halogens is 1. The van der Waals surface area contributed by atoms with Gasteiger partial charge >= 0.3 is 0 Å². The molecule has 0 aromatic heterocycles. The average Bonchev–Trinajstić information content (AvgIpc) is 3.26. The molecule has 4 unspecified atom stereocenters. The zero-order valence-corrected chi connectivity index (χ0v) is 13.3. The Bertz CT molecular complexity index is 776. The molecule has 0 radical (unpaired) electrons. The predicted octanol–water partition coefficient (Wildman–Crippen LogP) is 0.955. The molecule has 1 saturated heterocycles. The molecule has 1 heterocycles. The zero-order chi connectivity index (χ0) is 17.7. The van der Waals surface area contributed by atoms with Gasteiger partial charge in [-0.2, -0.15) is 0 Å². The highest BCUT2D eigenvalue weighted by Crippen LogP contribution is 2.52. The number of carbonyl (C=O) groups excluding carboxylic acids is 3. The van der Waals surface area contributed by atoms with E-state index in [9.17, 15) is 18.8 Å². The van der Waals surface area contributed by atoms with Gasteiger partial charge in [-0.1, -0.05) is 18.2 Å². The average molecular weight is 344 g/mol. The molecular weight excluding hydrogens is 327 g/mol. The Morgan fingerprint density at radius 2 is 1.84 bits per heavy atom. The molecule has 3 amide bonds. The van der Waals surface area contributed by atoms with Gasteiger partial charge in [0.2, 0.25) is 17.7 Å². The summed E-state index contributed by atoms with van der Waals surface area (Å²) in [6.45, 7) is -0.267. The number of hydrogen-bond donors (Lipinski definition) is 2. The van der Waals surface area contributed by atoms with Crippen LogP contribution in [0.15, 0.2) is 30.4 Å². The van der Waals surface area contributed by atoms with E-state index in [1.165, 1.54) is 12.1 Å². The Morgan fingerprint density at radius 1 is 1.20 bits per heavy atom.